The fourth-order valence-corrected chi connectivity index (χ4v) is 3.35. The van der Waals surface area contributed by atoms with E-state index in [9.17, 15) is 10.1 Å². The summed E-state index contributed by atoms with van der Waals surface area (Å²) in [6.45, 7) is 11.2. The molecule has 0 unspecified atom stereocenters. The van der Waals surface area contributed by atoms with Crippen molar-refractivity contribution in [1.29, 1.82) is 5.26 Å². The van der Waals surface area contributed by atoms with Gasteiger partial charge in [0.25, 0.3) is 5.91 Å². The van der Waals surface area contributed by atoms with Gasteiger partial charge in [-0.15, -0.1) is 0 Å². The van der Waals surface area contributed by atoms with Crippen LogP contribution in [0.4, 0.5) is 5.69 Å². The maximum atomic E-state index is 12.7. The highest BCUT2D eigenvalue weighted by Crippen LogP contribution is 2.44. The molecule has 0 radical (unpaired) electrons. The number of hydrogen-bond acceptors (Lipinski definition) is 4. The maximum Gasteiger partial charge on any atom is 0.266 e. The molecule has 3 rings (SSSR count). The van der Waals surface area contributed by atoms with E-state index in [-0.39, 0.29) is 5.57 Å². The van der Waals surface area contributed by atoms with Crippen molar-refractivity contribution in [3.8, 4) is 6.07 Å². The minimum atomic E-state index is -0.428. The second-order valence-corrected chi connectivity index (χ2v) is 8.07. The second kappa shape index (κ2) is 8.05. The van der Waals surface area contributed by atoms with Crippen molar-refractivity contribution in [2.24, 2.45) is 5.92 Å². The standard InChI is InChI=1S/C22H28N4O2/c1-13(2)8-9-26-14(3)10-18(16(26)5)11-19(12-23)22(27)24-20-15(4)25-28-21(20)17-6-7-17/h10-11,13,17H,6-9H2,1-5H3,(H,24,27). The summed E-state index contributed by atoms with van der Waals surface area (Å²) in [6, 6.07) is 4.07. The third-order valence-electron chi connectivity index (χ3n) is 5.28. The second-order valence-electron chi connectivity index (χ2n) is 8.07. The minimum absolute atomic E-state index is 0.0754. The van der Waals surface area contributed by atoms with Gasteiger partial charge in [-0.05, 0) is 63.7 Å². The molecular weight excluding hydrogens is 352 g/mol. The normalized spacial score (nSPS) is 14.4. The largest absolute Gasteiger partial charge is 0.359 e. The zero-order chi connectivity index (χ0) is 20.4. The van der Waals surface area contributed by atoms with Gasteiger partial charge in [-0.1, -0.05) is 19.0 Å². The zero-order valence-corrected chi connectivity index (χ0v) is 17.3. The zero-order valence-electron chi connectivity index (χ0n) is 17.3. The Balaban J connectivity index is 1.82. The summed E-state index contributed by atoms with van der Waals surface area (Å²) in [5.74, 6) is 1.23. The number of nitrogens with zero attached hydrogens (tertiary/aromatic N) is 3. The molecule has 6 nitrogen and oxygen atoms in total. The molecular formula is C22H28N4O2. The van der Waals surface area contributed by atoms with Crippen LogP contribution in [0, 0.1) is 38.0 Å². The highest BCUT2D eigenvalue weighted by Gasteiger charge is 2.32. The summed E-state index contributed by atoms with van der Waals surface area (Å²) in [6.07, 6.45) is 4.84. The summed E-state index contributed by atoms with van der Waals surface area (Å²) in [5, 5.41) is 16.4. The number of rotatable bonds is 7. The van der Waals surface area contributed by atoms with E-state index in [1.54, 1.807) is 13.0 Å². The van der Waals surface area contributed by atoms with Crippen LogP contribution in [-0.2, 0) is 11.3 Å². The first-order chi connectivity index (χ1) is 13.3. The molecule has 28 heavy (non-hydrogen) atoms. The molecule has 2 heterocycles. The van der Waals surface area contributed by atoms with E-state index in [1.807, 2.05) is 19.1 Å². The molecule has 1 aliphatic rings. The monoisotopic (exact) mass is 380 g/mol. The van der Waals surface area contributed by atoms with Crippen molar-refractivity contribution in [2.45, 2.75) is 66.3 Å². The average Bonchev–Trinajstić information content (AvgIpc) is 3.37. The third kappa shape index (κ3) is 4.19. The van der Waals surface area contributed by atoms with Crippen LogP contribution in [0.15, 0.2) is 16.2 Å². The van der Waals surface area contributed by atoms with Crippen LogP contribution in [0.1, 0.15) is 67.4 Å². The van der Waals surface area contributed by atoms with E-state index in [1.165, 1.54) is 0 Å². The lowest BCUT2D eigenvalue weighted by Gasteiger charge is -2.11. The van der Waals surface area contributed by atoms with E-state index in [2.05, 4.69) is 35.8 Å². The Kier molecular flexibility index (Phi) is 5.73. The van der Waals surface area contributed by atoms with E-state index in [0.29, 0.717) is 23.2 Å². The molecule has 6 heteroatoms. The molecule has 0 aliphatic heterocycles. The van der Waals surface area contributed by atoms with Crippen LogP contribution in [0.25, 0.3) is 6.08 Å². The maximum absolute atomic E-state index is 12.7. The van der Waals surface area contributed by atoms with E-state index < -0.39 is 5.91 Å². The quantitative estimate of drug-likeness (QED) is 0.548. The Morgan fingerprint density at radius 1 is 1.43 bits per heavy atom. The van der Waals surface area contributed by atoms with Gasteiger partial charge in [-0.3, -0.25) is 4.79 Å². The molecule has 0 atom stereocenters. The molecule has 0 bridgehead atoms. The van der Waals surface area contributed by atoms with Gasteiger partial charge in [-0.25, -0.2) is 0 Å². The lowest BCUT2D eigenvalue weighted by atomic mass is 10.1. The Hall–Kier alpha value is -2.81. The third-order valence-corrected chi connectivity index (χ3v) is 5.28. The summed E-state index contributed by atoms with van der Waals surface area (Å²) >= 11 is 0. The van der Waals surface area contributed by atoms with Crippen molar-refractivity contribution in [3.63, 3.8) is 0 Å². The lowest BCUT2D eigenvalue weighted by molar-refractivity contribution is -0.112. The predicted octanol–water partition coefficient (Wildman–Crippen LogP) is 4.87. The van der Waals surface area contributed by atoms with Gasteiger partial charge >= 0.3 is 0 Å². The van der Waals surface area contributed by atoms with Crippen molar-refractivity contribution in [2.75, 3.05) is 5.32 Å². The van der Waals surface area contributed by atoms with Crippen molar-refractivity contribution in [1.82, 2.24) is 9.72 Å². The van der Waals surface area contributed by atoms with Gasteiger partial charge in [0, 0.05) is 23.9 Å². The number of hydrogen-bond donors (Lipinski definition) is 1. The van der Waals surface area contributed by atoms with Crippen molar-refractivity contribution < 1.29 is 9.32 Å². The summed E-state index contributed by atoms with van der Waals surface area (Å²) in [7, 11) is 0. The lowest BCUT2D eigenvalue weighted by Crippen LogP contribution is -2.14. The molecule has 0 saturated heterocycles. The number of carbonyl (C=O) groups excluding carboxylic acids is 1. The Morgan fingerprint density at radius 3 is 2.75 bits per heavy atom. The Morgan fingerprint density at radius 2 is 2.14 bits per heavy atom. The molecule has 2 aromatic heterocycles. The Labute approximate surface area is 166 Å². The number of amides is 1. The van der Waals surface area contributed by atoms with Crippen LogP contribution in [0.2, 0.25) is 0 Å². The molecule has 1 aliphatic carbocycles. The first kappa shape index (κ1) is 19.9. The first-order valence-corrected chi connectivity index (χ1v) is 9.87. The summed E-state index contributed by atoms with van der Waals surface area (Å²) < 4.78 is 7.61. The molecule has 1 fully saturated rings. The van der Waals surface area contributed by atoms with Gasteiger partial charge in [0.05, 0.1) is 0 Å². The molecule has 0 aromatic carbocycles. The van der Waals surface area contributed by atoms with Crippen molar-refractivity contribution in [3.05, 3.63) is 40.0 Å². The molecule has 1 saturated carbocycles. The van der Waals surface area contributed by atoms with E-state index >= 15 is 0 Å². The molecule has 148 valence electrons. The smallest absolute Gasteiger partial charge is 0.266 e. The molecule has 2 aromatic rings. The van der Waals surface area contributed by atoms with E-state index in [0.717, 1.165) is 48.5 Å². The minimum Gasteiger partial charge on any atom is -0.359 e. The number of nitriles is 1. The SMILES string of the molecule is Cc1noc(C2CC2)c1NC(=O)C(C#N)=Cc1cc(C)n(CCC(C)C)c1C. The Bertz CT molecular complexity index is 952. The highest BCUT2D eigenvalue weighted by atomic mass is 16.5. The average molecular weight is 380 g/mol. The number of aromatic nitrogens is 2. The van der Waals surface area contributed by atoms with Crippen LogP contribution in [-0.4, -0.2) is 15.6 Å². The predicted molar refractivity (Wildman–Crippen MR) is 109 cm³/mol. The molecule has 1 amide bonds. The number of nitrogens with one attached hydrogen (secondary N) is 1. The van der Waals surface area contributed by atoms with Crippen LogP contribution in [0.3, 0.4) is 0 Å². The van der Waals surface area contributed by atoms with Crippen molar-refractivity contribution >= 4 is 17.7 Å². The molecule has 0 spiro atoms. The van der Waals surface area contributed by atoms with Crippen LogP contribution in [0.5, 0.6) is 0 Å². The number of anilines is 1. The first-order valence-electron chi connectivity index (χ1n) is 9.87. The van der Waals surface area contributed by atoms with Crippen LogP contribution >= 0.6 is 0 Å². The van der Waals surface area contributed by atoms with Gasteiger partial charge < -0.3 is 14.4 Å². The highest BCUT2D eigenvalue weighted by molar-refractivity contribution is 6.10. The van der Waals surface area contributed by atoms with Gasteiger partial charge in [0.15, 0.2) is 5.76 Å². The summed E-state index contributed by atoms with van der Waals surface area (Å²) in [4.78, 5) is 12.7. The van der Waals surface area contributed by atoms with E-state index in [4.69, 9.17) is 4.52 Å². The van der Waals surface area contributed by atoms with Crippen LogP contribution < -0.4 is 5.32 Å². The number of aryl methyl sites for hydroxylation is 2. The fraction of sp³-hybridized carbons (Fsp3) is 0.500. The van der Waals surface area contributed by atoms with Gasteiger partial charge in [0.2, 0.25) is 0 Å². The topological polar surface area (TPSA) is 83.8 Å². The number of carbonyl (C=O) groups is 1. The van der Waals surface area contributed by atoms with Gasteiger partial charge in [0.1, 0.15) is 23.0 Å². The fourth-order valence-electron chi connectivity index (χ4n) is 3.35. The molecule has 1 N–H and O–H groups in total. The summed E-state index contributed by atoms with van der Waals surface area (Å²) in [5.41, 5.74) is 4.42. The van der Waals surface area contributed by atoms with Gasteiger partial charge in [-0.2, -0.15) is 5.26 Å².